The predicted octanol–water partition coefficient (Wildman–Crippen LogP) is 3.36. The maximum absolute atomic E-state index is 13.3. The van der Waals surface area contributed by atoms with E-state index in [1.165, 1.54) is 0 Å². The van der Waals surface area contributed by atoms with Gasteiger partial charge in [-0.3, -0.25) is 4.79 Å². The molecule has 0 spiro atoms. The van der Waals surface area contributed by atoms with Crippen molar-refractivity contribution in [2.24, 2.45) is 16.1 Å². The molecule has 1 N–H and O–H groups in total. The maximum Gasteiger partial charge on any atom is 0.193 e. The van der Waals surface area contributed by atoms with Gasteiger partial charge >= 0.3 is 0 Å². The van der Waals surface area contributed by atoms with Crippen LogP contribution >= 0.6 is 0 Å². The van der Waals surface area contributed by atoms with Gasteiger partial charge in [-0.05, 0) is 18.9 Å². The summed E-state index contributed by atoms with van der Waals surface area (Å²) in [6.45, 7) is 1.81. The number of fused-ring (bicyclic) bond motifs is 1. The average Bonchev–Trinajstić information content (AvgIpc) is 2.62. The lowest BCUT2D eigenvalue weighted by molar-refractivity contribution is -0.116. The number of ketones is 1. The number of aliphatic hydroxyl groups is 1. The zero-order valence-electron chi connectivity index (χ0n) is 14.1. The van der Waals surface area contributed by atoms with Crippen molar-refractivity contribution in [3.05, 3.63) is 71.8 Å². The second-order valence-corrected chi connectivity index (χ2v) is 7.14. The standard InChI is InChI=1S/C21H20N2O2/c1-21(25)12-16(14-8-4-2-5-9-14)18-17(13-21)22-23-19(20(18)24)15-10-6-3-7-11-15/h2-11,16,18,25H,12-13H2,1H3/t16-,18+,21-/m1/s1. The van der Waals surface area contributed by atoms with Crippen molar-refractivity contribution in [2.75, 3.05) is 0 Å². The first-order valence-electron chi connectivity index (χ1n) is 8.56. The highest BCUT2D eigenvalue weighted by molar-refractivity contribution is 6.50. The summed E-state index contributed by atoms with van der Waals surface area (Å²) in [5.74, 6) is -0.443. The summed E-state index contributed by atoms with van der Waals surface area (Å²) in [5, 5.41) is 19.2. The van der Waals surface area contributed by atoms with Gasteiger partial charge in [0.2, 0.25) is 0 Å². The number of Topliss-reactive ketones (excluding diaryl/α,β-unsaturated/α-hetero) is 1. The van der Waals surface area contributed by atoms with E-state index >= 15 is 0 Å². The van der Waals surface area contributed by atoms with Crippen molar-refractivity contribution in [3.63, 3.8) is 0 Å². The van der Waals surface area contributed by atoms with Crippen molar-refractivity contribution < 1.29 is 9.90 Å². The molecule has 0 amide bonds. The third kappa shape index (κ3) is 2.94. The highest BCUT2D eigenvalue weighted by Gasteiger charge is 2.47. The SMILES string of the molecule is C[C@]1(O)CC2=NN=C(c3ccccc3)C(=O)[C@H]2[C@@H](c2ccccc2)C1. The van der Waals surface area contributed by atoms with Crippen LogP contribution in [-0.4, -0.2) is 27.9 Å². The van der Waals surface area contributed by atoms with E-state index < -0.39 is 5.60 Å². The molecule has 0 aromatic heterocycles. The first-order valence-corrected chi connectivity index (χ1v) is 8.56. The lowest BCUT2D eigenvalue weighted by atomic mass is 9.66. The highest BCUT2D eigenvalue weighted by atomic mass is 16.3. The van der Waals surface area contributed by atoms with Gasteiger partial charge in [-0.2, -0.15) is 5.10 Å². The number of carbonyl (C=O) groups excluding carboxylic acids is 1. The predicted molar refractivity (Wildman–Crippen MR) is 98.0 cm³/mol. The van der Waals surface area contributed by atoms with Crippen LogP contribution in [0.3, 0.4) is 0 Å². The second kappa shape index (κ2) is 6.05. The van der Waals surface area contributed by atoms with Crippen molar-refractivity contribution in [3.8, 4) is 0 Å². The molecule has 2 aromatic rings. The summed E-state index contributed by atoms with van der Waals surface area (Å²) in [6, 6.07) is 19.4. The van der Waals surface area contributed by atoms with Crippen molar-refractivity contribution >= 4 is 17.2 Å². The fraction of sp³-hybridized carbons (Fsp3) is 0.286. The van der Waals surface area contributed by atoms with E-state index in [1.807, 2.05) is 67.6 Å². The van der Waals surface area contributed by atoms with Gasteiger partial charge in [-0.15, -0.1) is 5.10 Å². The van der Waals surface area contributed by atoms with Crippen molar-refractivity contribution in [2.45, 2.75) is 31.3 Å². The third-order valence-electron chi connectivity index (χ3n) is 5.05. The Hall–Kier alpha value is -2.59. The van der Waals surface area contributed by atoms with Crippen LogP contribution in [0.15, 0.2) is 70.9 Å². The summed E-state index contributed by atoms with van der Waals surface area (Å²) in [7, 11) is 0. The average molecular weight is 332 g/mol. The van der Waals surface area contributed by atoms with E-state index in [1.54, 1.807) is 0 Å². The molecule has 0 saturated heterocycles. The minimum atomic E-state index is -0.879. The van der Waals surface area contributed by atoms with Gasteiger partial charge in [-0.25, -0.2) is 0 Å². The Morgan fingerprint density at radius 2 is 1.64 bits per heavy atom. The van der Waals surface area contributed by atoms with Crippen molar-refractivity contribution in [1.82, 2.24) is 0 Å². The third-order valence-corrected chi connectivity index (χ3v) is 5.05. The summed E-state index contributed by atoms with van der Waals surface area (Å²) < 4.78 is 0. The molecule has 4 heteroatoms. The first-order chi connectivity index (χ1) is 12.1. The van der Waals surface area contributed by atoms with Crippen molar-refractivity contribution in [1.29, 1.82) is 0 Å². The molecule has 0 unspecified atom stereocenters. The molecule has 2 aliphatic rings. The van der Waals surface area contributed by atoms with Gasteiger partial charge in [0.05, 0.1) is 17.2 Å². The molecule has 1 fully saturated rings. The van der Waals surface area contributed by atoms with E-state index in [-0.39, 0.29) is 17.6 Å². The van der Waals surface area contributed by atoms with Gasteiger partial charge in [0.15, 0.2) is 5.78 Å². The molecule has 0 radical (unpaired) electrons. The van der Waals surface area contributed by atoms with E-state index in [4.69, 9.17) is 0 Å². The van der Waals surface area contributed by atoms with Crippen LogP contribution in [0.1, 0.15) is 36.8 Å². The Kier molecular flexibility index (Phi) is 3.85. The quantitative estimate of drug-likeness (QED) is 0.916. The van der Waals surface area contributed by atoms with Gasteiger partial charge in [0, 0.05) is 17.9 Å². The summed E-state index contributed by atoms with van der Waals surface area (Å²) in [4.78, 5) is 13.3. The van der Waals surface area contributed by atoms with Crippen LogP contribution in [0.5, 0.6) is 0 Å². The summed E-state index contributed by atoms with van der Waals surface area (Å²) in [5.41, 5.74) is 2.07. The lowest BCUT2D eigenvalue weighted by Gasteiger charge is -2.41. The Morgan fingerprint density at radius 1 is 1.00 bits per heavy atom. The van der Waals surface area contributed by atoms with Crippen LogP contribution < -0.4 is 0 Å². The van der Waals surface area contributed by atoms with Crippen LogP contribution in [0.2, 0.25) is 0 Å². The molecule has 1 saturated carbocycles. The minimum absolute atomic E-state index is 0.000512. The summed E-state index contributed by atoms with van der Waals surface area (Å²) in [6.07, 6.45) is 0.923. The Balaban J connectivity index is 1.79. The zero-order valence-corrected chi connectivity index (χ0v) is 14.1. The molecule has 126 valence electrons. The fourth-order valence-electron chi connectivity index (χ4n) is 3.95. The first kappa shape index (κ1) is 15.9. The molecule has 3 atom stereocenters. The number of hydrogen-bond donors (Lipinski definition) is 1. The Bertz CT molecular complexity index is 854. The Morgan fingerprint density at radius 3 is 2.32 bits per heavy atom. The van der Waals surface area contributed by atoms with Gasteiger partial charge < -0.3 is 5.11 Å². The highest BCUT2D eigenvalue weighted by Crippen LogP contribution is 2.43. The number of hydrogen-bond acceptors (Lipinski definition) is 4. The largest absolute Gasteiger partial charge is 0.390 e. The lowest BCUT2D eigenvalue weighted by Crippen LogP contribution is -2.47. The van der Waals surface area contributed by atoms with Crippen LogP contribution in [0.4, 0.5) is 0 Å². The number of benzene rings is 2. The molecule has 4 rings (SSSR count). The molecular formula is C21H20N2O2. The van der Waals surface area contributed by atoms with Crippen LogP contribution in [0, 0.1) is 5.92 Å². The minimum Gasteiger partial charge on any atom is -0.390 e. The molecule has 4 nitrogen and oxygen atoms in total. The molecule has 0 bridgehead atoms. The van der Waals surface area contributed by atoms with E-state index in [9.17, 15) is 9.90 Å². The molecular weight excluding hydrogens is 312 g/mol. The van der Waals surface area contributed by atoms with Gasteiger partial charge in [0.1, 0.15) is 5.71 Å². The monoisotopic (exact) mass is 332 g/mol. The normalized spacial score (nSPS) is 28.8. The number of carbonyl (C=O) groups is 1. The molecule has 1 heterocycles. The van der Waals surface area contributed by atoms with E-state index in [2.05, 4.69) is 10.2 Å². The summed E-state index contributed by atoms with van der Waals surface area (Å²) >= 11 is 0. The van der Waals surface area contributed by atoms with Gasteiger partial charge in [-0.1, -0.05) is 60.7 Å². The molecule has 1 aliphatic heterocycles. The zero-order chi connectivity index (χ0) is 17.4. The van der Waals surface area contributed by atoms with Crippen LogP contribution in [0.25, 0.3) is 0 Å². The van der Waals surface area contributed by atoms with Gasteiger partial charge in [0.25, 0.3) is 0 Å². The Labute approximate surface area is 146 Å². The smallest absolute Gasteiger partial charge is 0.193 e. The second-order valence-electron chi connectivity index (χ2n) is 7.14. The maximum atomic E-state index is 13.3. The number of nitrogens with zero attached hydrogens (tertiary/aromatic N) is 2. The topological polar surface area (TPSA) is 62.0 Å². The van der Waals surface area contributed by atoms with Crippen LogP contribution in [-0.2, 0) is 4.79 Å². The molecule has 25 heavy (non-hydrogen) atoms. The van der Waals surface area contributed by atoms with E-state index in [0.29, 0.717) is 24.3 Å². The number of rotatable bonds is 2. The van der Waals surface area contributed by atoms with E-state index in [0.717, 1.165) is 11.1 Å². The molecule has 1 aliphatic carbocycles. The fourth-order valence-corrected chi connectivity index (χ4v) is 3.95. The molecule has 2 aromatic carbocycles.